The van der Waals surface area contributed by atoms with E-state index in [0.29, 0.717) is 13.2 Å². The van der Waals surface area contributed by atoms with Crippen LogP contribution in [0.25, 0.3) is 0 Å². The molecule has 0 spiro atoms. The highest BCUT2D eigenvalue weighted by molar-refractivity contribution is 9.10. The lowest BCUT2D eigenvalue weighted by atomic mass is 9.93. The van der Waals surface area contributed by atoms with Crippen molar-refractivity contribution in [3.05, 3.63) is 28.2 Å². The van der Waals surface area contributed by atoms with Crippen LogP contribution < -0.4 is 10.1 Å². The summed E-state index contributed by atoms with van der Waals surface area (Å²) < 4.78 is 6.49. The average Bonchev–Trinajstić information content (AvgIpc) is 2.27. The second kappa shape index (κ2) is 4.74. The van der Waals surface area contributed by atoms with E-state index in [2.05, 4.69) is 21.2 Å². The van der Waals surface area contributed by atoms with Gasteiger partial charge in [0.25, 0.3) is 0 Å². The third-order valence-electron chi connectivity index (χ3n) is 2.65. The second-order valence-electron chi connectivity index (χ2n) is 3.68. The highest BCUT2D eigenvalue weighted by atomic mass is 79.9. The molecule has 1 atom stereocenters. The van der Waals surface area contributed by atoms with Crippen LogP contribution in [0.5, 0.6) is 5.75 Å². The maximum atomic E-state index is 10.5. The van der Waals surface area contributed by atoms with Gasteiger partial charge < -0.3 is 15.2 Å². The third-order valence-corrected chi connectivity index (χ3v) is 3.27. The minimum Gasteiger partial charge on any atom is -0.492 e. The van der Waals surface area contributed by atoms with Gasteiger partial charge in [-0.1, -0.05) is 12.1 Å². The summed E-state index contributed by atoms with van der Waals surface area (Å²) in [4.78, 5) is 10.5. The quantitative estimate of drug-likeness (QED) is 0.878. The normalized spacial score (nSPS) is 18.4. The van der Waals surface area contributed by atoms with Crippen LogP contribution in [-0.2, 0) is 0 Å². The molecule has 2 N–H and O–H groups in total. The first-order chi connectivity index (χ1) is 7.68. The Morgan fingerprint density at radius 2 is 2.44 bits per heavy atom. The molecule has 5 heteroatoms. The van der Waals surface area contributed by atoms with Crippen molar-refractivity contribution in [3.63, 3.8) is 0 Å². The largest absolute Gasteiger partial charge is 0.492 e. The van der Waals surface area contributed by atoms with Crippen LogP contribution in [0.2, 0.25) is 0 Å². The molecule has 4 nitrogen and oxygen atoms in total. The highest BCUT2D eigenvalue weighted by Gasteiger charge is 2.23. The molecular weight excluding hydrogens is 274 g/mol. The maximum Gasteiger partial charge on any atom is 0.404 e. The number of benzene rings is 1. The van der Waals surface area contributed by atoms with Gasteiger partial charge in [0, 0.05) is 18.0 Å². The molecule has 1 aromatic carbocycles. The van der Waals surface area contributed by atoms with E-state index >= 15 is 0 Å². The fraction of sp³-hybridized carbons (Fsp3) is 0.364. The zero-order valence-electron chi connectivity index (χ0n) is 8.57. The lowest BCUT2D eigenvalue weighted by Gasteiger charge is -2.26. The number of hydrogen-bond donors (Lipinski definition) is 2. The Labute approximate surface area is 102 Å². The molecule has 0 saturated heterocycles. The number of carbonyl (C=O) groups is 1. The van der Waals surface area contributed by atoms with Gasteiger partial charge in [0.15, 0.2) is 0 Å². The summed E-state index contributed by atoms with van der Waals surface area (Å²) in [6, 6.07) is 5.84. The molecule has 86 valence electrons. The molecule has 2 rings (SSSR count). The van der Waals surface area contributed by atoms with E-state index in [-0.39, 0.29) is 5.92 Å². The molecule has 1 heterocycles. The van der Waals surface area contributed by atoms with Gasteiger partial charge >= 0.3 is 6.09 Å². The molecule has 0 saturated carbocycles. The monoisotopic (exact) mass is 285 g/mol. The predicted octanol–water partition coefficient (Wildman–Crippen LogP) is 2.58. The first-order valence-electron chi connectivity index (χ1n) is 5.06. The Morgan fingerprint density at radius 3 is 3.19 bits per heavy atom. The minimum atomic E-state index is -0.983. The molecule has 0 radical (unpaired) electrons. The Kier molecular flexibility index (Phi) is 3.33. The summed E-state index contributed by atoms with van der Waals surface area (Å²) in [6.07, 6.45) is -0.146. The number of ether oxygens (including phenoxy) is 1. The smallest absolute Gasteiger partial charge is 0.404 e. The first-order valence-corrected chi connectivity index (χ1v) is 5.86. The first kappa shape index (κ1) is 11.3. The van der Waals surface area contributed by atoms with Gasteiger partial charge in [0.05, 0.1) is 11.1 Å². The van der Waals surface area contributed by atoms with Crippen molar-refractivity contribution < 1.29 is 14.6 Å². The third kappa shape index (κ3) is 2.29. The fourth-order valence-electron chi connectivity index (χ4n) is 1.88. The number of halogens is 1. The molecule has 1 aromatic rings. The van der Waals surface area contributed by atoms with Crippen molar-refractivity contribution in [2.75, 3.05) is 13.2 Å². The molecule has 0 aromatic heterocycles. The van der Waals surface area contributed by atoms with Gasteiger partial charge in [0.2, 0.25) is 0 Å². The summed E-state index contributed by atoms with van der Waals surface area (Å²) in [6.45, 7) is 1.06. The van der Waals surface area contributed by atoms with E-state index in [1.807, 2.05) is 18.2 Å². The minimum absolute atomic E-state index is 0.192. The van der Waals surface area contributed by atoms with Crippen molar-refractivity contribution in [2.45, 2.75) is 12.3 Å². The van der Waals surface area contributed by atoms with Gasteiger partial charge in [0.1, 0.15) is 5.75 Å². The number of nitrogens with one attached hydrogen (secondary N) is 1. The zero-order valence-corrected chi connectivity index (χ0v) is 10.2. The predicted molar refractivity (Wildman–Crippen MR) is 63.0 cm³/mol. The molecule has 1 amide bonds. The molecule has 1 aliphatic heterocycles. The Balaban J connectivity index is 2.19. The van der Waals surface area contributed by atoms with E-state index < -0.39 is 6.09 Å². The van der Waals surface area contributed by atoms with E-state index in [9.17, 15) is 4.79 Å². The molecule has 0 aliphatic carbocycles. The number of fused-ring (bicyclic) bond motifs is 1. The van der Waals surface area contributed by atoms with Crippen molar-refractivity contribution in [3.8, 4) is 5.75 Å². The summed E-state index contributed by atoms with van der Waals surface area (Å²) in [7, 11) is 0. The van der Waals surface area contributed by atoms with Crippen molar-refractivity contribution >= 4 is 22.0 Å². The van der Waals surface area contributed by atoms with Crippen molar-refractivity contribution in [1.82, 2.24) is 5.32 Å². The average molecular weight is 286 g/mol. The lowest BCUT2D eigenvalue weighted by molar-refractivity contribution is 0.191. The SMILES string of the molecule is O=C(O)NCC1CCOc2c(Br)cccc21. The standard InChI is InChI=1S/C11H12BrNO3/c12-9-3-1-2-8-7(6-13-11(14)15)4-5-16-10(8)9/h1-3,7,13H,4-6H2,(H,14,15). The van der Waals surface area contributed by atoms with Crippen molar-refractivity contribution in [1.29, 1.82) is 0 Å². The summed E-state index contributed by atoms with van der Waals surface area (Å²) in [5.74, 6) is 1.03. The lowest BCUT2D eigenvalue weighted by Crippen LogP contribution is -2.29. The van der Waals surface area contributed by atoms with Crippen LogP contribution in [0, 0.1) is 0 Å². The fourth-order valence-corrected chi connectivity index (χ4v) is 2.38. The van der Waals surface area contributed by atoms with E-state index in [0.717, 1.165) is 22.2 Å². The zero-order chi connectivity index (χ0) is 11.5. The van der Waals surface area contributed by atoms with Crippen LogP contribution in [0.4, 0.5) is 4.79 Å². The van der Waals surface area contributed by atoms with Crippen LogP contribution in [-0.4, -0.2) is 24.4 Å². The molecule has 16 heavy (non-hydrogen) atoms. The van der Waals surface area contributed by atoms with E-state index in [1.54, 1.807) is 0 Å². The summed E-state index contributed by atoms with van der Waals surface area (Å²) in [5.41, 5.74) is 1.06. The van der Waals surface area contributed by atoms with Crippen LogP contribution in [0.15, 0.2) is 22.7 Å². The van der Waals surface area contributed by atoms with Crippen molar-refractivity contribution in [2.24, 2.45) is 0 Å². The molecule has 1 unspecified atom stereocenters. The van der Waals surface area contributed by atoms with Gasteiger partial charge in [-0.15, -0.1) is 0 Å². The molecule has 0 bridgehead atoms. The number of carboxylic acid groups (broad SMARTS) is 1. The molecular formula is C11H12BrNO3. The second-order valence-corrected chi connectivity index (χ2v) is 4.53. The van der Waals surface area contributed by atoms with E-state index in [4.69, 9.17) is 9.84 Å². The van der Waals surface area contributed by atoms with Crippen LogP contribution in [0.3, 0.4) is 0 Å². The number of rotatable bonds is 2. The summed E-state index contributed by atoms with van der Waals surface area (Å²) in [5, 5.41) is 11.0. The van der Waals surface area contributed by atoms with Crippen LogP contribution >= 0.6 is 15.9 Å². The van der Waals surface area contributed by atoms with Gasteiger partial charge in [-0.3, -0.25) is 0 Å². The number of hydrogen-bond acceptors (Lipinski definition) is 2. The number of amides is 1. The van der Waals surface area contributed by atoms with Gasteiger partial charge in [-0.25, -0.2) is 4.79 Å². The van der Waals surface area contributed by atoms with Gasteiger partial charge in [-0.05, 0) is 28.4 Å². The molecule has 1 aliphatic rings. The topological polar surface area (TPSA) is 58.6 Å². The summed E-state index contributed by atoms with van der Waals surface area (Å²) >= 11 is 3.43. The maximum absolute atomic E-state index is 10.5. The number of para-hydroxylation sites is 1. The van der Waals surface area contributed by atoms with Gasteiger partial charge in [-0.2, -0.15) is 0 Å². The Hall–Kier alpha value is -1.23. The Morgan fingerprint density at radius 1 is 1.62 bits per heavy atom. The molecule has 0 fully saturated rings. The van der Waals surface area contributed by atoms with E-state index in [1.165, 1.54) is 0 Å². The Bertz CT molecular complexity index is 408. The van der Waals surface area contributed by atoms with Crippen LogP contribution in [0.1, 0.15) is 17.9 Å². The highest BCUT2D eigenvalue weighted by Crippen LogP contribution is 2.38.